The topological polar surface area (TPSA) is 102 Å². The Kier molecular flexibility index (Phi) is 4.51. The molecule has 0 saturated heterocycles. The van der Waals surface area contributed by atoms with Crippen molar-refractivity contribution in [2.24, 2.45) is 0 Å². The highest BCUT2D eigenvalue weighted by molar-refractivity contribution is 7.22. The van der Waals surface area contributed by atoms with Crippen molar-refractivity contribution in [3.63, 3.8) is 0 Å². The summed E-state index contributed by atoms with van der Waals surface area (Å²) in [7, 11) is 0. The van der Waals surface area contributed by atoms with Crippen LogP contribution in [-0.2, 0) is 4.79 Å². The molecule has 0 fully saturated rings. The van der Waals surface area contributed by atoms with Gasteiger partial charge in [0.25, 0.3) is 0 Å². The second-order valence-corrected chi connectivity index (χ2v) is 6.85. The van der Waals surface area contributed by atoms with Crippen LogP contribution in [0.4, 0.5) is 21.3 Å². The molecule has 1 aliphatic rings. The molecule has 2 aromatic carbocycles. The minimum absolute atomic E-state index is 0.175. The second kappa shape index (κ2) is 7.12. The van der Waals surface area contributed by atoms with Crippen LogP contribution < -0.4 is 25.4 Å². The normalized spacial score (nSPS) is 12.5. The van der Waals surface area contributed by atoms with E-state index in [1.165, 1.54) is 18.3 Å². The van der Waals surface area contributed by atoms with E-state index < -0.39 is 0 Å². The van der Waals surface area contributed by atoms with Gasteiger partial charge < -0.3 is 25.4 Å². The summed E-state index contributed by atoms with van der Waals surface area (Å²) in [5.74, 6) is 1.10. The first-order valence-electron chi connectivity index (χ1n) is 8.23. The summed E-state index contributed by atoms with van der Waals surface area (Å²) in [4.78, 5) is 27.7. The lowest BCUT2D eigenvalue weighted by Gasteiger charge is -2.19. The number of hydrogen-bond donors (Lipinski definition) is 3. The monoisotopic (exact) mass is 384 g/mol. The quantitative estimate of drug-likeness (QED) is 0.640. The van der Waals surface area contributed by atoms with E-state index in [2.05, 4.69) is 20.9 Å². The highest BCUT2D eigenvalue weighted by Gasteiger charge is 2.13. The molecule has 1 aromatic heterocycles. The van der Waals surface area contributed by atoms with Crippen molar-refractivity contribution in [3.05, 3.63) is 36.4 Å². The molecule has 8 nitrogen and oxygen atoms in total. The number of benzene rings is 2. The van der Waals surface area contributed by atoms with Crippen molar-refractivity contribution < 1.29 is 19.1 Å². The zero-order valence-corrected chi connectivity index (χ0v) is 15.2. The fraction of sp³-hybridized carbons (Fsp3) is 0.167. The molecule has 0 atom stereocenters. The molecular weight excluding hydrogens is 368 g/mol. The molecule has 1 aliphatic heterocycles. The Hall–Kier alpha value is -3.33. The molecule has 0 radical (unpaired) electrons. The predicted molar refractivity (Wildman–Crippen MR) is 104 cm³/mol. The number of urea groups is 1. The number of fused-ring (bicyclic) bond motifs is 2. The Labute approximate surface area is 158 Å². The summed E-state index contributed by atoms with van der Waals surface area (Å²) in [6.45, 7) is 2.43. The van der Waals surface area contributed by atoms with E-state index in [1.807, 2.05) is 6.07 Å². The third kappa shape index (κ3) is 3.93. The van der Waals surface area contributed by atoms with E-state index in [9.17, 15) is 9.59 Å². The molecule has 0 spiro atoms. The van der Waals surface area contributed by atoms with Crippen molar-refractivity contribution >= 4 is 50.0 Å². The van der Waals surface area contributed by atoms with Crippen molar-refractivity contribution in [3.8, 4) is 11.5 Å². The van der Waals surface area contributed by atoms with E-state index in [0.29, 0.717) is 41.2 Å². The van der Waals surface area contributed by atoms with Crippen LogP contribution in [0, 0.1) is 0 Å². The number of thiazole rings is 1. The largest absolute Gasteiger partial charge is 0.486 e. The van der Waals surface area contributed by atoms with Gasteiger partial charge in [0.05, 0.1) is 10.2 Å². The Bertz CT molecular complexity index is 1030. The third-order valence-electron chi connectivity index (χ3n) is 3.73. The van der Waals surface area contributed by atoms with Crippen molar-refractivity contribution in [2.75, 3.05) is 29.2 Å². The van der Waals surface area contributed by atoms with Gasteiger partial charge in [-0.3, -0.25) is 4.79 Å². The fourth-order valence-electron chi connectivity index (χ4n) is 2.62. The number of carbonyl (C=O) groups excluding carboxylic acids is 2. The van der Waals surface area contributed by atoms with Crippen molar-refractivity contribution in [2.45, 2.75) is 6.92 Å². The lowest BCUT2D eigenvalue weighted by atomic mass is 10.2. The Morgan fingerprint density at radius 1 is 0.963 bits per heavy atom. The summed E-state index contributed by atoms with van der Waals surface area (Å²) in [5.41, 5.74) is 1.97. The Morgan fingerprint density at radius 3 is 2.44 bits per heavy atom. The number of hydrogen-bond acceptors (Lipinski definition) is 6. The average molecular weight is 384 g/mol. The van der Waals surface area contributed by atoms with E-state index in [4.69, 9.17) is 9.47 Å². The minimum Gasteiger partial charge on any atom is -0.486 e. The summed E-state index contributed by atoms with van der Waals surface area (Å²) in [6, 6.07) is 10.2. The molecule has 2 heterocycles. The molecule has 3 N–H and O–H groups in total. The molecule has 27 heavy (non-hydrogen) atoms. The van der Waals surface area contributed by atoms with Gasteiger partial charge in [0.2, 0.25) is 5.91 Å². The molecule has 138 valence electrons. The van der Waals surface area contributed by atoms with Gasteiger partial charge in [-0.15, -0.1) is 0 Å². The maximum atomic E-state index is 12.3. The van der Waals surface area contributed by atoms with Crippen LogP contribution >= 0.6 is 11.3 Å². The first-order chi connectivity index (χ1) is 13.1. The molecule has 0 unspecified atom stereocenters. The van der Waals surface area contributed by atoms with E-state index >= 15 is 0 Å². The molecule has 3 aromatic rings. The zero-order chi connectivity index (χ0) is 18.8. The molecule has 4 rings (SSSR count). The Balaban J connectivity index is 1.45. The second-order valence-electron chi connectivity index (χ2n) is 5.82. The smallest absolute Gasteiger partial charge is 0.323 e. The van der Waals surface area contributed by atoms with E-state index in [1.54, 1.807) is 30.3 Å². The van der Waals surface area contributed by atoms with Gasteiger partial charge in [-0.2, -0.15) is 0 Å². The number of anilines is 3. The van der Waals surface area contributed by atoms with Gasteiger partial charge in [-0.05, 0) is 30.3 Å². The van der Waals surface area contributed by atoms with Crippen LogP contribution in [-0.4, -0.2) is 30.1 Å². The van der Waals surface area contributed by atoms with Gasteiger partial charge >= 0.3 is 6.03 Å². The van der Waals surface area contributed by atoms with Crippen LogP contribution in [0.1, 0.15) is 6.92 Å². The van der Waals surface area contributed by atoms with E-state index in [0.717, 1.165) is 10.2 Å². The predicted octanol–water partition coefficient (Wildman–Crippen LogP) is 3.67. The van der Waals surface area contributed by atoms with Crippen LogP contribution in [0.5, 0.6) is 11.5 Å². The first kappa shape index (κ1) is 17.1. The molecule has 3 amide bonds. The van der Waals surface area contributed by atoms with Crippen LogP contribution in [0.15, 0.2) is 36.4 Å². The van der Waals surface area contributed by atoms with Crippen LogP contribution in [0.25, 0.3) is 10.2 Å². The maximum absolute atomic E-state index is 12.3. The lowest BCUT2D eigenvalue weighted by Crippen LogP contribution is -2.20. The molecule has 0 saturated carbocycles. The highest BCUT2D eigenvalue weighted by atomic mass is 32.1. The Morgan fingerprint density at radius 2 is 1.67 bits per heavy atom. The number of carbonyl (C=O) groups is 2. The summed E-state index contributed by atoms with van der Waals surface area (Å²) in [6.07, 6.45) is 0. The summed E-state index contributed by atoms with van der Waals surface area (Å²) < 4.78 is 11.8. The van der Waals surface area contributed by atoms with E-state index in [-0.39, 0.29) is 11.9 Å². The molecule has 0 bridgehead atoms. The number of ether oxygens (including phenoxy) is 2. The van der Waals surface area contributed by atoms with Gasteiger partial charge in [0, 0.05) is 24.4 Å². The zero-order valence-electron chi connectivity index (χ0n) is 14.4. The number of rotatable bonds is 3. The van der Waals surface area contributed by atoms with Crippen LogP contribution in [0.3, 0.4) is 0 Å². The summed E-state index contributed by atoms with van der Waals surface area (Å²) >= 11 is 1.34. The number of nitrogens with zero attached hydrogens (tertiary/aromatic N) is 1. The molecule has 9 heteroatoms. The van der Waals surface area contributed by atoms with Gasteiger partial charge in [-0.25, -0.2) is 9.78 Å². The number of amides is 3. The standard InChI is InChI=1S/C18H16N4O4S/c1-10(23)19-18-22-13-4-2-12(9-16(13)27-18)21-17(24)20-11-3-5-14-15(8-11)26-7-6-25-14/h2-5,8-9H,6-7H2,1H3,(H,19,22,23)(H2,20,21,24). The SMILES string of the molecule is CC(=O)Nc1nc2ccc(NC(=O)Nc3ccc4c(c3)OCCO4)cc2s1. The maximum Gasteiger partial charge on any atom is 0.323 e. The average Bonchev–Trinajstić information content (AvgIpc) is 3.02. The first-order valence-corrected chi connectivity index (χ1v) is 9.04. The number of aromatic nitrogens is 1. The molecule has 0 aliphatic carbocycles. The van der Waals surface area contributed by atoms with Gasteiger partial charge in [-0.1, -0.05) is 11.3 Å². The van der Waals surface area contributed by atoms with Crippen LogP contribution in [0.2, 0.25) is 0 Å². The van der Waals surface area contributed by atoms with Gasteiger partial charge in [0.1, 0.15) is 13.2 Å². The lowest BCUT2D eigenvalue weighted by molar-refractivity contribution is -0.114. The van der Waals surface area contributed by atoms with Crippen molar-refractivity contribution in [1.82, 2.24) is 4.98 Å². The summed E-state index contributed by atoms with van der Waals surface area (Å²) in [5, 5.41) is 8.73. The fourth-order valence-corrected chi connectivity index (χ4v) is 3.57. The third-order valence-corrected chi connectivity index (χ3v) is 4.66. The van der Waals surface area contributed by atoms with Gasteiger partial charge in [0.15, 0.2) is 16.6 Å². The van der Waals surface area contributed by atoms with Crippen molar-refractivity contribution in [1.29, 1.82) is 0 Å². The minimum atomic E-state index is -0.377. The molecular formula is C18H16N4O4S. The number of nitrogens with one attached hydrogen (secondary N) is 3. The highest BCUT2D eigenvalue weighted by Crippen LogP contribution is 2.33.